The number of carbonyl (C=O) groups excluding carboxylic acids is 2. The molecule has 1 saturated heterocycles. The Labute approximate surface area is 97.4 Å². The third kappa shape index (κ3) is 2.06. The molecule has 1 fully saturated rings. The molecule has 0 saturated carbocycles. The van der Waals surface area contributed by atoms with Crippen molar-refractivity contribution in [1.82, 2.24) is 10.2 Å². The van der Waals surface area contributed by atoms with Crippen molar-refractivity contribution in [3.05, 3.63) is 0 Å². The van der Waals surface area contributed by atoms with Crippen LogP contribution in [0.2, 0.25) is 0 Å². The molecule has 0 aromatic rings. The molecule has 1 N–H and O–H groups in total. The zero-order chi connectivity index (χ0) is 12.3. The highest BCUT2D eigenvalue weighted by Crippen LogP contribution is 2.28. The first kappa shape index (κ1) is 13.0. The number of carbonyl (C=O) groups is 2. The number of hydrogen-bond donors (Lipinski definition) is 1. The minimum Gasteiger partial charge on any atom is -0.345 e. The van der Waals surface area contributed by atoms with Crippen LogP contribution in [0.1, 0.15) is 40.5 Å². The molecule has 1 rings (SSSR count). The summed E-state index contributed by atoms with van der Waals surface area (Å²) in [5, 5.41) is 2.70. The van der Waals surface area contributed by atoms with Crippen LogP contribution >= 0.6 is 0 Å². The number of rotatable bonds is 4. The summed E-state index contributed by atoms with van der Waals surface area (Å²) in [7, 11) is 0. The molecule has 0 bridgehead atoms. The quantitative estimate of drug-likeness (QED) is 0.782. The Kier molecular flexibility index (Phi) is 3.94. The van der Waals surface area contributed by atoms with Gasteiger partial charge in [0.25, 0.3) is 0 Å². The third-order valence-corrected chi connectivity index (χ3v) is 3.36. The highest BCUT2D eigenvalue weighted by Gasteiger charge is 2.46. The van der Waals surface area contributed by atoms with Crippen LogP contribution in [0, 0.1) is 5.92 Å². The van der Waals surface area contributed by atoms with Crippen LogP contribution in [0.5, 0.6) is 0 Å². The van der Waals surface area contributed by atoms with Crippen LogP contribution in [0.25, 0.3) is 0 Å². The van der Waals surface area contributed by atoms with Crippen molar-refractivity contribution in [2.24, 2.45) is 5.92 Å². The standard InChI is InChI=1S/C12H22N2O2/c1-5-12(6-2)11(16)13-7-10(15)14(12)8-9(3)4/h9H,5-8H2,1-4H3,(H,13,16). The van der Waals surface area contributed by atoms with E-state index in [1.165, 1.54) is 0 Å². The maximum absolute atomic E-state index is 12.0. The highest BCUT2D eigenvalue weighted by atomic mass is 16.2. The van der Waals surface area contributed by atoms with E-state index >= 15 is 0 Å². The number of nitrogens with zero attached hydrogens (tertiary/aromatic N) is 1. The molecule has 0 unspecified atom stereocenters. The number of hydrogen-bond acceptors (Lipinski definition) is 2. The van der Waals surface area contributed by atoms with Gasteiger partial charge >= 0.3 is 0 Å². The summed E-state index contributed by atoms with van der Waals surface area (Å²) >= 11 is 0. The summed E-state index contributed by atoms with van der Waals surface area (Å²) in [6.07, 6.45) is 1.35. The maximum atomic E-state index is 12.0. The maximum Gasteiger partial charge on any atom is 0.246 e. The van der Waals surface area contributed by atoms with Crippen LogP contribution in [0.4, 0.5) is 0 Å². The predicted molar refractivity (Wildman–Crippen MR) is 62.9 cm³/mol. The van der Waals surface area contributed by atoms with Gasteiger partial charge in [-0.3, -0.25) is 9.59 Å². The molecule has 16 heavy (non-hydrogen) atoms. The Morgan fingerprint density at radius 1 is 1.31 bits per heavy atom. The number of piperazine rings is 1. The molecule has 4 nitrogen and oxygen atoms in total. The summed E-state index contributed by atoms with van der Waals surface area (Å²) < 4.78 is 0. The molecule has 1 aliphatic rings. The zero-order valence-electron chi connectivity index (χ0n) is 10.7. The first-order valence-electron chi connectivity index (χ1n) is 6.06. The van der Waals surface area contributed by atoms with Crippen LogP contribution in [-0.2, 0) is 9.59 Å². The van der Waals surface area contributed by atoms with Gasteiger partial charge in [-0.25, -0.2) is 0 Å². The molecule has 0 aromatic heterocycles. The monoisotopic (exact) mass is 226 g/mol. The van der Waals surface area contributed by atoms with Crippen molar-refractivity contribution >= 4 is 11.8 Å². The summed E-state index contributed by atoms with van der Waals surface area (Å²) in [5.74, 6) is 0.419. The van der Waals surface area contributed by atoms with Crippen LogP contribution < -0.4 is 5.32 Å². The summed E-state index contributed by atoms with van der Waals surface area (Å²) in [4.78, 5) is 25.7. The van der Waals surface area contributed by atoms with Gasteiger partial charge in [-0.15, -0.1) is 0 Å². The average Bonchev–Trinajstić information content (AvgIpc) is 2.24. The molecule has 0 atom stereocenters. The zero-order valence-corrected chi connectivity index (χ0v) is 10.7. The lowest BCUT2D eigenvalue weighted by Crippen LogP contribution is -2.67. The van der Waals surface area contributed by atoms with Gasteiger partial charge < -0.3 is 10.2 Å². The molecule has 0 spiro atoms. The smallest absolute Gasteiger partial charge is 0.246 e. The summed E-state index contributed by atoms with van der Waals surface area (Å²) in [6, 6.07) is 0. The minimum atomic E-state index is -0.625. The van der Waals surface area contributed by atoms with Gasteiger partial charge in [-0.1, -0.05) is 27.7 Å². The lowest BCUT2D eigenvalue weighted by Gasteiger charge is -2.45. The third-order valence-electron chi connectivity index (χ3n) is 3.36. The highest BCUT2D eigenvalue weighted by molar-refractivity contribution is 5.97. The van der Waals surface area contributed by atoms with Gasteiger partial charge in [0.05, 0.1) is 6.54 Å². The fourth-order valence-corrected chi connectivity index (χ4v) is 2.37. The minimum absolute atomic E-state index is 0.00208. The van der Waals surface area contributed by atoms with Gasteiger partial charge in [-0.05, 0) is 18.8 Å². The second kappa shape index (κ2) is 4.85. The summed E-state index contributed by atoms with van der Waals surface area (Å²) in [5.41, 5.74) is -0.625. The molecule has 1 aliphatic heterocycles. The fraction of sp³-hybridized carbons (Fsp3) is 0.833. The van der Waals surface area contributed by atoms with E-state index < -0.39 is 5.54 Å². The van der Waals surface area contributed by atoms with Crippen molar-refractivity contribution < 1.29 is 9.59 Å². The molecule has 1 heterocycles. The molecular formula is C12H22N2O2. The van der Waals surface area contributed by atoms with E-state index in [9.17, 15) is 9.59 Å². The van der Waals surface area contributed by atoms with E-state index in [1.807, 2.05) is 13.8 Å². The molecule has 0 aliphatic carbocycles. The van der Waals surface area contributed by atoms with Gasteiger partial charge in [0.1, 0.15) is 5.54 Å². The second-order valence-corrected chi connectivity index (χ2v) is 4.82. The molecular weight excluding hydrogens is 204 g/mol. The van der Waals surface area contributed by atoms with Gasteiger partial charge in [-0.2, -0.15) is 0 Å². The number of amides is 2. The van der Waals surface area contributed by atoms with E-state index in [0.29, 0.717) is 25.3 Å². The molecule has 0 aromatic carbocycles. The van der Waals surface area contributed by atoms with Crippen LogP contribution in [0.15, 0.2) is 0 Å². The SMILES string of the molecule is CCC1(CC)C(=O)NCC(=O)N1CC(C)C. The van der Waals surface area contributed by atoms with E-state index in [0.717, 1.165) is 0 Å². The molecule has 0 radical (unpaired) electrons. The predicted octanol–water partition coefficient (Wildman–Crippen LogP) is 1.16. The van der Waals surface area contributed by atoms with Gasteiger partial charge in [0, 0.05) is 6.54 Å². The Bertz CT molecular complexity index is 283. The van der Waals surface area contributed by atoms with Gasteiger partial charge in [0.2, 0.25) is 11.8 Å². The van der Waals surface area contributed by atoms with E-state index in [2.05, 4.69) is 19.2 Å². The fourth-order valence-electron chi connectivity index (χ4n) is 2.37. The van der Waals surface area contributed by atoms with Crippen LogP contribution in [0.3, 0.4) is 0 Å². The van der Waals surface area contributed by atoms with Crippen molar-refractivity contribution in [3.63, 3.8) is 0 Å². The largest absolute Gasteiger partial charge is 0.345 e. The van der Waals surface area contributed by atoms with Gasteiger partial charge in [0.15, 0.2) is 0 Å². The Morgan fingerprint density at radius 2 is 1.88 bits per heavy atom. The Morgan fingerprint density at radius 3 is 2.31 bits per heavy atom. The Hall–Kier alpha value is -1.06. The van der Waals surface area contributed by atoms with Crippen molar-refractivity contribution in [2.45, 2.75) is 46.1 Å². The first-order chi connectivity index (χ1) is 7.47. The van der Waals surface area contributed by atoms with Crippen molar-refractivity contribution in [2.75, 3.05) is 13.1 Å². The molecule has 2 amide bonds. The molecule has 4 heteroatoms. The first-order valence-corrected chi connectivity index (χ1v) is 6.06. The number of nitrogens with one attached hydrogen (secondary N) is 1. The summed E-state index contributed by atoms with van der Waals surface area (Å²) in [6.45, 7) is 8.87. The van der Waals surface area contributed by atoms with E-state index in [-0.39, 0.29) is 18.4 Å². The Balaban J connectivity index is 3.03. The lowest BCUT2D eigenvalue weighted by molar-refractivity contribution is -0.155. The normalized spacial score (nSPS) is 20.2. The average molecular weight is 226 g/mol. The van der Waals surface area contributed by atoms with Crippen molar-refractivity contribution in [1.29, 1.82) is 0 Å². The van der Waals surface area contributed by atoms with E-state index in [4.69, 9.17) is 0 Å². The second-order valence-electron chi connectivity index (χ2n) is 4.82. The van der Waals surface area contributed by atoms with Crippen LogP contribution in [-0.4, -0.2) is 35.3 Å². The van der Waals surface area contributed by atoms with E-state index in [1.54, 1.807) is 4.90 Å². The lowest BCUT2D eigenvalue weighted by atomic mass is 9.86. The topological polar surface area (TPSA) is 49.4 Å². The van der Waals surface area contributed by atoms with Crippen molar-refractivity contribution in [3.8, 4) is 0 Å². The molecule has 92 valence electrons.